The average molecular weight is 236 g/mol. The van der Waals surface area contributed by atoms with Gasteiger partial charge < -0.3 is 19.5 Å². The van der Waals surface area contributed by atoms with E-state index in [4.69, 9.17) is 19.5 Å². The molecule has 0 aliphatic heterocycles. The minimum Gasteiger partial charge on any atom is -0.496 e. The van der Waals surface area contributed by atoms with Gasteiger partial charge in [-0.15, -0.1) is 0 Å². The van der Waals surface area contributed by atoms with E-state index in [0.717, 1.165) is 12.2 Å². The molecule has 0 heterocycles. The predicted octanol–water partition coefficient (Wildman–Crippen LogP) is 0.302. The monoisotopic (exact) mass is 236 g/mol. The second-order valence-corrected chi connectivity index (χ2v) is 4.40. The van der Waals surface area contributed by atoms with Gasteiger partial charge in [-0.1, -0.05) is 12.1 Å². The van der Waals surface area contributed by atoms with Crippen molar-refractivity contribution in [2.24, 2.45) is 5.92 Å². The Bertz CT molecular complexity index is 377. The maximum Gasteiger partial charge on any atom is 0.488 e. The summed E-state index contributed by atoms with van der Waals surface area (Å²) in [6.07, 6.45) is 2.51. The molecular formula is C12H17BO4. The summed E-state index contributed by atoms with van der Waals surface area (Å²) in [4.78, 5) is 0. The van der Waals surface area contributed by atoms with Gasteiger partial charge in [-0.3, -0.25) is 0 Å². The molecule has 1 aromatic carbocycles. The molecule has 0 radical (unpaired) electrons. The first kappa shape index (κ1) is 12.4. The zero-order chi connectivity index (χ0) is 12.3. The molecule has 0 saturated heterocycles. The van der Waals surface area contributed by atoms with Crippen molar-refractivity contribution < 1.29 is 19.5 Å². The van der Waals surface area contributed by atoms with Crippen molar-refractivity contribution in [3.05, 3.63) is 23.8 Å². The zero-order valence-corrected chi connectivity index (χ0v) is 9.93. The Morgan fingerprint density at radius 2 is 2.12 bits per heavy atom. The van der Waals surface area contributed by atoms with E-state index in [0.29, 0.717) is 23.7 Å². The van der Waals surface area contributed by atoms with Crippen molar-refractivity contribution in [2.45, 2.75) is 19.4 Å². The number of ether oxygens (including phenoxy) is 2. The molecule has 1 fully saturated rings. The zero-order valence-electron chi connectivity index (χ0n) is 9.93. The van der Waals surface area contributed by atoms with E-state index in [1.165, 1.54) is 12.8 Å². The number of rotatable bonds is 6. The fraction of sp³-hybridized carbons (Fsp3) is 0.500. The molecule has 0 spiro atoms. The van der Waals surface area contributed by atoms with Gasteiger partial charge in [0.1, 0.15) is 5.75 Å². The van der Waals surface area contributed by atoms with Gasteiger partial charge in [-0.05, 0) is 30.3 Å². The Labute approximate surface area is 101 Å². The van der Waals surface area contributed by atoms with Crippen LogP contribution in [0.25, 0.3) is 0 Å². The van der Waals surface area contributed by atoms with Gasteiger partial charge in [0.05, 0.1) is 13.7 Å². The third-order valence-electron chi connectivity index (χ3n) is 2.91. The topological polar surface area (TPSA) is 58.9 Å². The van der Waals surface area contributed by atoms with Gasteiger partial charge in [-0.25, -0.2) is 0 Å². The first-order chi connectivity index (χ1) is 8.20. The van der Waals surface area contributed by atoms with Crippen LogP contribution in [0.3, 0.4) is 0 Å². The minimum atomic E-state index is -1.46. The summed E-state index contributed by atoms with van der Waals surface area (Å²) < 4.78 is 10.8. The molecule has 0 unspecified atom stereocenters. The molecule has 17 heavy (non-hydrogen) atoms. The van der Waals surface area contributed by atoms with E-state index in [1.54, 1.807) is 25.3 Å². The van der Waals surface area contributed by atoms with E-state index in [1.807, 2.05) is 0 Å². The Morgan fingerprint density at radius 3 is 2.71 bits per heavy atom. The van der Waals surface area contributed by atoms with E-state index >= 15 is 0 Å². The van der Waals surface area contributed by atoms with Gasteiger partial charge in [0.15, 0.2) is 0 Å². The maximum absolute atomic E-state index is 9.11. The molecule has 1 saturated carbocycles. The summed E-state index contributed by atoms with van der Waals surface area (Å²) in [6.45, 7) is 1.22. The van der Waals surface area contributed by atoms with Crippen LogP contribution in [0, 0.1) is 5.92 Å². The van der Waals surface area contributed by atoms with Crippen LogP contribution in [0.4, 0.5) is 0 Å². The molecule has 1 aliphatic rings. The largest absolute Gasteiger partial charge is 0.496 e. The van der Waals surface area contributed by atoms with Gasteiger partial charge in [0, 0.05) is 12.2 Å². The summed E-state index contributed by atoms with van der Waals surface area (Å²) in [5, 5.41) is 18.2. The van der Waals surface area contributed by atoms with E-state index in [9.17, 15) is 0 Å². The van der Waals surface area contributed by atoms with Gasteiger partial charge in [0.2, 0.25) is 0 Å². The molecule has 5 heteroatoms. The van der Waals surface area contributed by atoms with Crippen LogP contribution in [-0.2, 0) is 11.3 Å². The van der Waals surface area contributed by atoms with Gasteiger partial charge in [0.25, 0.3) is 0 Å². The summed E-state index contributed by atoms with van der Waals surface area (Å²) in [7, 11) is 0.137. The highest BCUT2D eigenvalue weighted by molar-refractivity contribution is 6.58. The molecule has 0 aromatic heterocycles. The first-order valence-electron chi connectivity index (χ1n) is 5.81. The molecular weight excluding hydrogens is 219 g/mol. The highest BCUT2D eigenvalue weighted by Crippen LogP contribution is 2.29. The number of hydrogen-bond acceptors (Lipinski definition) is 4. The summed E-state index contributed by atoms with van der Waals surface area (Å²) in [5.74, 6) is 1.43. The lowest BCUT2D eigenvalue weighted by atomic mass is 9.79. The SMILES string of the molecule is COc1ccc(B(O)O)cc1COCC1CC1. The number of benzene rings is 1. The third kappa shape index (κ3) is 3.46. The van der Waals surface area contributed by atoms with Gasteiger partial charge >= 0.3 is 7.12 Å². The molecule has 1 aliphatic carbocycles. The standard InChI is InChI=1S/C12H17BO4/c1-16-12-5-4-11(13(14)15)6-10(12)8-17-7-9-2-3-9/h4-6,9,14-15H,2-3,7-8H2,1H3. The van der Waals surface area contributed by atoms with Crippen molar-refractivity contribution in [2.75, 3.05) is 13.7 Å². The summed E-state index contributed by atoms with van der Waals surface area (Å²) in [6, 6.07) is 5.06. The Morgan fingerprint density at radius 1 is 1.35 bits per heavy atom. The quantitative estimate of drug-likeness (QED) is 0.697. The second kappa shape index (κ2) is 5.53. The van der Waals surface area contributed by atoms with Crippen LogP contribution in [0.15, 0.2) is 18.2 Å². The van der Waals surface area contributed by atoms with Crippen LogP contribution >= 0.6 is 0 Å². The molecule has 1 aromatic rings. The van der Waals surface area contributed by atoms with Crippen LogP contribution in [0.5, 0.6) is 5.75 Å². The number of methoxy groups -OCH3 is 1. The lowest BCUT2D eigenvalue weighted by Crippen LogP contribution is -2.30. The second-order valence-electron chi connectivity index (χ2n) is 4.40. The van der Waals surface area contributed by atoms with E-state index in [-0.39, 0.29) is 0 Å². The lowest BCUT2D eigenvalue weighted by Gasteiger charge is -2.11. The molecule has 0 bridgehead atoms. The van der Waals surface area contributed by atoms with Crippen LogP contribution in [-0.4, -0.2) is 30.9 Å². The normalized spacial score (nSPS) is 14.8. The molecule has 4 nitrogen and oxygen atoms in total. The smallest absolute Gasteiger partial charge is 0.488 e. The number of hydrogen-bond donors (Lipinski definition) is 2. The third-order valence-corrected chi connectivity index (χ3v) is 2.91. The fourth-order valence-corrected chi connectivity index (χ4v) is 1.69. The van der Waals surface area contributed by atoms with Gasteiger partial charge in [-0.2, -0.15) is 0 Å². The maximum atomic E-state index is 9.11. The Balaban J connectivity index is 2.02. The molecule has 2 rings (SSSR count). The molecule has 0 atom stereocenters. The van der Waals surface area contributed by atoms with Crippen LogP contribution in [0.2, 0.25) is 0 Å². The summed E-state index contributed by atoms with van der Waals surface area (Å²) in [5.41, 5.74) is 1.30. The van der Waals surface area contributed by atoms with Crippen molar-refractivity contribution >= 4 is 12.6 Å². The molecule has 0 amide bonds. The van der Waals surface area contributed by atoms with Crippen molar-refractivity contribution in [3.63, 3.8) is 0 Å². The predicted molar refractivity (Wildman–Crippen MR) is 65.2 cm³/mol. The first-order valence-corrected chi connectivity index (χ1v) is 5.81. The van der Waals surface area contributed by atoms with Crippen molar-refractivity contribution in [1.82, 2.24) is 0 Å². The minimum absolute atomic E-state index is 0.445. The van der Waals surface area contributed by atoms with Crippen molar-refractivity contribution in [3.8, 4) is 5.75 Å². The molecule has 2 N–H and O–H groups in total. The lowest BCUT2D eigenvalue weighted by molar-refractivity contribution is 0.109. The average Bonchev–Trinajstić information content (AvgIpc) is 3.13. The van der Waals surface area contributed by atoms with Crippen molar-refractivity contribution in [1.29, 1.82) is 0 Å². The van der Waals surface area contributed by atoms with E-state index in [2.05, 4.69) is 0 Å². The van der Waals surface area contributed by atoms with Crippen LogP contribution in [0.1, 0.15) is 18.4 Å². The van der Waals surface area contributed by atoms with Crippen LogP contribution < -0.4 is 10.2 Å². The fourth-order valence-electron chi connectivity index (χ4n) is 1.69. The molecule has 92 valence electrons. The Kier molecular flexibility index (Phi) is 4.04. The summed E-state index contributed by atoms with van der Waals surface area (Å²) >= 11 is 0. The Hall–Kier alpha value is -1.04. The highest BCUT2D eigenvalue weighted by atomic mass is 16.5. The highest BCUT2D eigenvalue weighted by Gasteiger charge is 2.21. The van der Waals surface area contributed by atoms with E-state index < -0.39 is 7.12 Å².